The van der Waals surface area contributed by atoms with Gasteiger partial charge in [0.1, 0.15) is 0 Å². The van der Waals surface area contributed by atoms with Crippen molar-refractivity contribution < 1.29 is 9.53 Å². The number of hydrogen-bond donors (Lipinski definition) is 0. The second-order valence-corrected chi connectivity index (χ2v) is 8.50. The fourth-order valence-corrected chi connectivity index (χ4v) is 4.69. The molecule has 3 aromatic rings. The van der Waals surface area contributed by atoms with Gasteiger partial charge in [-0.2, -0.15) is 0 Å². The van der Waals surface area contributed by atoms with Gasteiger partial charge in [0.15, 0.2) is 5.13 Å². The number of thioether (sulfide) groups is 1. The molecule has 146 valence electrons. The SMILES string of the molecule is CSc1cccc(C(=O)N(CCN2CCOCC2)c2nc3ccccc3s2)c1. The van der Waals surface area contributed by atoms with Crippen molar-refractivity contribution in [2.24, 2.45) is 0 Å². The number of morpholine rings is 1. The average molecular weight is 414 g/mol. The zero-order chi connectivity index (χ0) is 19.3. The standard InChI is InChI=1S/C21H23N3O2S2/c1-27-17-6-4-5-16(15-17)20(25)24(10-9-23-11-13-26-14-12-23)21-22-18-7-2-3-8-19(18)28-21/h2-8,15H,9-14H2,1H3. The summed E-state index contributed by atoms with van der Waals surface area (Å²) in [6.45, 7) is 4.75. The summed E-state index contributed by atoms with van der Waals surface area (Å²) in [5, 5.41) is 0.758. The summed E-state index contributed by atoms with van der Waals surface area (Å²) in [5.41, 5.74) is 1.64. The molecule has 0 spiro atoms. The van der Waals surface area contributed by atoms with Crippen LogP contribution < -0.4 is 4.90 Å². The number of fused-ring (bicyclic) bond motifs is 1. The zero-order valence-corrected chi connectivity index (χ0v) is 17.5. The van der Waals surface area contributed by atoms with Crippen LogP contribution in [0.3, 0.4) is 0 Å². The predicted octanol–water partition coefficient (Wildman–Crippen LogP) is 4.00. The average Bonchev–Trinajstić information content (AvgIpc) is 3.18. The van der Waals surface area contributed by atoms with Crippen molar-refractivity contribution in [1.29, 1.82) is 0 Å². The quantitative estimate of drug-likeness (QED) is 0.572. The number of hydrogen-bond acceptors (Lipinski definition) is 6. The maximum absolute atomic E-state index is 13.4. The molecular weight excluding hydrogens is 390 g/mol. The molecule has 1 aromatic heterocycles. The molecule has 0 saturated carbocycles. The van der Waals surface area contributed by atoms with Gasteiger partial charge in [0.05, 0.1) is 23.4 Å². The monoisotopic (exact) mass is 413 g/mol. The normalized spacial score (nSPS) is 15.0. The van der Waals surface area contributed by atoms with Gasteiger partial charge in [0.25, 0.3) is 5.91 Å². The summed E-state index contributed by atoms with van der Waals surface area (Å²) < 4.78 is 6.54. The van der Waals surface area contributed by atoms with Gasteiger partial charge in [-0.25, -0.2) is 4.98 Å². The third-order valence-electron chi connectivity index (χ3n) is 4.82. The van der Waals surface area contributed by atoms with E-state index in [2.05, 4.69) is 11.0 Å². The third kappa shape index (κ3) is 4.38. The predicted molar refractivity (Wildman–Crippen MR) is 117 cm³/mol. The van der Waals surface area contributed by atoms with Crippen molar-refractivity contribution in [2.75, 3.05) is 50.5 Å². The van der Waals surface area contributed by atoms with Crippen molar-refractivity contribution in [3.8, 4) is 0 Å². The van der Waals surface area contributed by atoms with E-state index < -0.39 is 0 Å². The lowest BCUT2D eigenvalue weighted by Gasteiger charge is -2.29. The van der Waals surface area contributed by atoms with Crippen LogP contribution in [0.2, 0.25) is 0 Å². The molecule has 0 N–H and O–H groups in total. The number of aromatic nitrogens is 1. The Hall–Kier alpha value is -1.93. The third-order valence-corrected chi connectivity index (χ3v) is 6.60. The van der Waals surface area contributed by atoms with Gasteiger partial charge >= 0.3 is 0 Å². The Labute approximate surface area is 173 Å². The minimum Gasteiger partial charge on any atom is -0.379 e. The zero-order valence-electron chi connectivity index (χ0n) is 15.8. The molecule has 1 aliphatic heterocycles. The molecule has 2 heterocycles. The molecule has 2 aromatic carbocycles. The van der Waals surface area contributed by atoms with E-state index in [1.54, 1.807) is 23.1 Å². The number of carbonyl (C=O) groups excluding carboxylic acids is 1. The highest BCUT2D eigenvalue weighted by molar-refractivity contribution is 7.98. The molecule has 5 nitrogen and oxygen atoms in total. The second-order valence-electron chi connectivity index (χ2n) is 6.61. The molecule has 0 bridgehead atoms. The van der Waals surface area contributed by atoms with E-state index in [0.717, 1.165) is 53.1 Å². The number of carbonyl (C=O) groups is 1. The van der Waals surface area contributed by atoms with Gasteiger partial charge in [-0.3, -0.25) is 14.6 Å². The van der Waals surface area contributed by atoms with E-state index in [-0.39, 0.29) is 5.91 Å². The Morgan fingerprint density at radius 3 is 2.82 bits per heavy atom. The first-order chi connectivity index (χ1) is 13.7. The lowest BCUT2D eigenvalue weighted by atomic mass is 10.2. The first-order valence-corrected chi connectivity index (χ1v) is 11.4. The van der Waals surface area contributed by atoms with E-state index in [1.165, 1.54) is 0 Å². The van der Waals surface area contributed by atoms with Crippen molar-refractivity contribution in [3.63, 3.8) is 0 Å². The molecule has 7 heteroatoms. The van der Waals surface area contributed by atoms with Gasteiger partial charge in [-0.15, -0.1) is 11.8 Å². The summed E-state index contributed by atoms with van der Waals surface area (Å²) in [7, 11) is 0. The maximum Gasteiger partial charge on any atom is 0.260 e. The molecule has 4 rings (SSSR count). The molecule has 28 heavy (non-hydrogen) atoms. The molecule has 0 unspecified atom stereocenters. The van der Waals surface area contributed by atoms with E-state index in [1.807, 2.05) is 53.6 Å². The number of ether oxygens (including phenoxy) is 1. The van der Waals surface area contributed by atoms with Crippen LogP contribution in [0.15, 0.2) is 53.4 Å². The lowest BCUT2D eigenvalue weighted by molar-refractivity contribution is 0.0391. The summed E-state index contributed by atoms with van der Waals surface area (Å²) in [6.07, 6.45) is 2.02. The van der Waals surface area contributed by atoms with E-state index in [4.69, 9.17) is 9.72 Å². The highest BCUT2D eigenvalue weighted by Gasteiger charge is 2.23. The van der Waals surface area contributed by atoms with Crippen LogP contribution in [-0.4, -0.2) is 61.4 Å². The summed E-state index contributed by atoms with van der Waals surface area (Å²) in [4.78, 5) is 23.4. The van der Waals surface area contributed by atoms with Crippen LogP contribution in [0.25, 0.3) is 10.2 Å². The fraction of sp³-hybridized carbons (Fsp3) is 0.333. The molecule has 1 aliphatic rings. The van der Waals surface area contributed by atoms with Gasteiger partial charge in [-0.1, -0.05) is 29.5 Å². The van der Waals surface area contributed by atoms with E-state index >= 15 is 0 Å². The summed E-state index contributed by atoms with van der Waals surface area (Å²) >= 11 is 3.21. The first kappa shape index (κ1) is 19.4. The molecule has 1 amide bonds. The van der Waals surface area contributed by atoms with Crippen LogP contribution in [0.1, 0.15) is 10.4 Å². The topological polar surface area (TPSA) is 45.7 Å². The smallest absolute Gasteiger partial charge is 0.260 e. The number of amides is 1. The van der Waals surface area contributed by atoms with Crippen molar-refractivity contribution in [3.05, 3.63) is 54.1 Å². The highest BCUT2D eigenvalue weighted by atomic mass is 32.2. The Morgan fingerprint density at radius 1 is 1.21 bits per heavy atom. The molecule has 1 saturated heterocycles. The van der Waals surface area contributed by atoms with Crippen molar-refractivity contribution >= 4 is 44.4 Å². The Bertz CT molecular complexity index is 920. The van der Waals surface area contributed by atoms with Crippen molar-refractivity contribution in [2.45, 2.75) is 4.90 Å². The fourth-order valence-electron chi connectivity index (χ4n) is 3.24. The molecule has 0 atom stereocenters. The second kappa shape index (κ2) is 9.05. The van der Waals surface area contributed by atoms with Crippen molar-refractivity contribution in [1.82, 2.24) is 9.88 Å². The van der Waals surface area contributed by atoms with Crippen LogP contribution in [-0.2, 0) is 4.74 Å². The molecular formula is C21H23N3O2S2. The number of nitrogens with zero attached hydrogens (tertiary/aromatic N) is 3. The number of rotatable bonds is 6. The van der Waals surface area contributed by atoms with E-state index in [0.29, 0.717) is 12.1 Å². The minimum absolute atomic E-state index is 0.00298. The number of benzene rings is 2. The lowest BCUT2D eigenvalue weighted by Crippen LogP contribution is -2.43. The summed E-state index contributed by atoms with van der Waals surface area (Å²) in [6, 6.07) is 15.8. The first-order valence-electron chi connectivity index (χ1n) is 9.36. The number of para-hydroxylation sites is 1. The van der Waals surface area contributed by atoms with Gasteiger partial charge in [-0.05, 0) is 36.6 Å². The van der Waals surface area contributed by atoms with Gasteiger partial charge in [0, 0.05) is 36.6 Å². The maximum atomic E-state index is 13.4. The van der Waals surface area contributed by atoms with Crippen LogP contribution in [0.5, 0.6) is 0 Å². The van der Waals surface area contributed by atoms with Gasteiger partial charge < -0.3 is 4.74 Å². The van der Waals surface area contributed by atoms with E-state index in [9.17, 15) is 4.79 Å². The van der Waals surface area contributed by atoms with Crippen LogP contribution in [0.4, 0.5) is 5.13 Å². The summed E-state index contributed by atoms with van der Waals surface area (Å²) in [5.74, 6) is 0.00298. The van der Waals surface area contributed by atoms with Gasteiger partial charge in [0.2, 0.25) is 0 Å². The highest BCUT2D eigenvalue weighted by Crippen LogP contribution is 2.30. The Kier molecular flexibility index (Phi) is 6.26. The number of thiazole rings is 1. The Morgan fingerprint density at radius 2 is 2.04 bits per heavy atom. The Balaban J connectivity index is 1.62. The minimum atomic E-state index is 0.00298. The molecule has 0 radical (unpaired) electrons. The van der Waals surface area contributed by atoms with Crippen LogP contribution in [0, 0.1) is 0 Å². The molecule has 0 aliphatic carbocycles. The molecule has 1 fully saturated rings. The van der Waals surface area contributed by atoms with Crippen LogP contribution >= 0.6 is 23.1 Å². The largest absolute Gasteiger partial charge is 0.379 e. The number of anilines is 1.